The first-order chi connectivity index (χ1) is 7.54. The number of nitrogens with one attached hydrogen (secondary N) is 2. The Hall–Kier alpha value is -2.04. The smallest absolute Gasteiger partial charge is 0.336 e. The lowest BCUT2D eigenvalue weighted by Gasteiger charge is -2.07. The van der Waals surface area contributed by atoms with Crippen molar-refractivity contribution in [1.29, 1.82) is 0 Å². The Balaban J connectivity index is 2.87. The number of rotatable bonds is 3. The van der Waals surface area contributed by atoms with Crippen molar-refractivity contribution in [2.75, 3.05) is 11.9 Å². The van der Waals surface area contributed by atoms with E-state index in [1.54, 1.807) is 26.0 Å². The molecule has 1 aromatic rings. The van der Waals surface area contributed by atoms with E-state index in [-0.39, 0.29) is 11.6 Å². The molecule has 1 rings (SSSR count). The van der Waals surface area contributed by atoms with Crippen LogP contribution in [0.5, 0.6) is 0 Å². The van der Waals surface area contributed by atoms with E-state index in [0.29, 0.717) is 17.8 Å². The van der Waals surface area contributed by atoms with E-state index in [9.17, 15) is 9.59 Å². The standard InChI is InChI=1S/C11H14N2O3/c1-3-12-11(16)13-8-5-4-7(2)9(6-8)10(14)15/h4-6H,3H2,1-2H3,(H,14,15)(H2,12,13,16). The average Bonchev–Trinajstić information content (AvgIpc) is 2.21. The van der Waals surface area contributed by atoms with Gasteiger partial charge in [-0.2, -0.15) is 0 Å². The molecule has 0 fully saturated rings. The maximum absolute atomic E-state index is 11.2. The zero-order valence-corrected chi connectivity index (χ0v) is 9.20. The first-order valence-electron chi connectivity index (χ1n) is 4.93. The number of carbonyl (C=O) groups is 2. The fraction of sp³-hybridized carbons (Fsp3) is 0.273. The van der Waals surface area contributed by atoms with Crippen LogP contribution in [0.15, 0.2) is 18.2 Å². The maximum Gasteiger partial charge on any atom is 0.336 e. The van der Waals surface area contributed by atoms with Gasteiger partial charge in [-0.25, -0.2) is 9.59 Å². The SMILES string of the molecule is CCNC(=O)Nc1ccc(C)c(C(=O)O)c1. The highest BCUT2D eigenvalue weighted by atomic mass is 16.4. The van der Waals surface area contributed by atoms with Crippen LogP contribution in [0.3, 0.4) is 0 Å². The molecule has 0 atom stereocenters. The number of amides is 2. The Morgan fingerprint density at radius 1 is 1.38 bits per heavy atom. The Morgan fingerprint density at radius 3 is 2.62 bits per heavy atom. The number of hydrogen-bond acceptors (Lipinski definition) is 2. The van der Waals surface area contributed by atoms with Crippen LogP contribution in [0.4, 0.5) is 10.5 Å². The molecule has 5 heteroatoms. The van der Waals surface area contributed by atoms with Crippen LogP contribution < -0.4 is 10.6 Å². The van der Waals surface area contributed by atoms with Gasteiger partial charge in [0.05, 0.1) is 5.56 Å². The lowest BCUT2D eigenvalue weighted by atomic mass is 10.1. The van der Waals surface area contributed by atoms with E-state index in [1.165, 1.54) is 6.07 Å². The van der Waals surface area contributed by atoms with Gasteiger partial charge in [-0.3, -0.25) is 0 Å². The quantitative estimate of drug-likeness (QED) is 0.730. The van der Waals surface area contributed by atoms with Gasteiger partial charge in [-0.15, -0.1) is 0 Å². The molecular weight excluding hydrogens is 208 g/mol. The molecule has 0 spiro atoms. The number of aryl methyl sites for hydroxylation is 1. The Bertz CT molecular complexity index is 416. The molecule has 86 valence electrons. The molecular formula is C11H14N2O3. The summed E-state index contributed by atoms with van der Waals surface area (Å²) in [5.74, 6) is -1.00. The first kappa shape index (κ1) is 12.0. The van der Waals surface area contributed by atoms with Gasteiger partial charge in [0.25, 0.3) is 0 Å². The number of carboxylic acids is 1. The van der Waals surface area contributed by atoms with E-state index in [4.69, 9.17) is 5.11 Å². The molecule has 16 heavy (non-hydrogen) atoms. The molecule has 0 saturated heterocycles. The third kappa shape index (κ3) is 2.98. The third-order valence-electron chi connectivity index (χ3n) is 2.06. The molecule has 0 aliphatic heterocycles. The van der Waals surface area contributed by atoms with Crippen molar-refractivity contribution in [2.45, 2.75) is 13.8 Å². The Morgan fingerprint density at radius 2 is 2.06 bits per heavy atom. The van der Waals surface area contributed by atoms with E-state index < -0.39 is 5.97 Å². The molecule has 0 bridgehead atoms. The van der Waals surface area contributed by atoms with Crippen molar-refractivity contribution in [3.05, 3.63) is 29.3 Å². The van der Waals surface area contributed by atoms with Gasteiger partial charge in [0.15, 0.2) is 0 Å². The topological polar surface area (TPSA) is 78.4 Å². The fourth-order valence-electron chi connectivity index (χ4n) is 1.27. The first-order valence-corrected chi connectivity index (χ1v) is 4.93. The zero-order valence-electron chi connectivity index (χ0n) is 9.20. The van der Waals surface area contributed by atoms with E-state index in [0.717, 1.165) is 0 Å². The van der Waals surface area contributed by atoms with Crippen molar-refractivity contribution < 1.29 is 14.7 Å². The molecule has 1 aromatic carbocycles. The van der Waals surface area contributed by atoms with Gasteiger partial charge in [0.1, 0.15) is 0 Å². The van der Waals surface area contributed by atoms with Crippen molar-refractivity contribution in [1.82, 2.24) is 5.32 Å². The van der Waals surface area contributed by atoms with Crippen molar-refractivity contribution in [2.24, 2.45) is 0 Å². The van der Waals surface area contributed by atoms with Crippen molar-refractivity contribution >= 4 is 17.7 Å². The number of benzene rings is 1. The van der Waals surface area contributed by atoms with Gasteiger partial charge in [-0.1, -0.05) is 6.07 Å². The molecule has 0 radical (unpaired) electrons. The largest absolute Gasteiger partial charge is 0.478 e. The monoisotopic (exact) mass is 222 g/mol. The van der Waals surface area contributed by atoms with Crippen molar-refractivity contribution in [3.8, 4) is 0 Å². The predicted molar refractivity (Wildman–Crippen MR) is 60.8 cm³/mol. The number of carboxylic acid groups (broad SMARTS) is 1. The molecule has 0 aromatic heterocycles. The number of hydrogen-bond donors (Lipinski definition) is 3. The maximum atomic E-state index is 11.2. The minimum Gasteiger partial charge on any atom is -0.478 e. The summed E-state index contributed by atoms with van der Waals surface area (Å²) in [6, 6.07) is 4.41. The molecule has 0 aliphatic rings. The predicted octanol–water partition coefficient (Wildman–Crippen LogP) is 1.83. The normalized spacial score (nSPS) is 9.62. The molecule has 0 saturated carbocycles. The minimum absolute atomic E-state index is 0.189. The van der Waals surface area contributed by atoms with Crippen LogP contribution in [-0.4, -0.2) is 23.7 Å². The van der Waals surface area contributed by atoms with Gasteiger partial charge < -0.3 is 15.7 Å². The van der Waals surface area contributed by atoms with E-state index in [2.05, 4.69) is 10.6 Å². The number of aromatic carboxylic acids is 1. The summed E-state index contributed by atoms with van der Waals surface area (Å²) in [7, 11) is 0. The second kappa shape index (κ2) is 5.16. The highest BCUT2D eigenvalue weighted by molar-refractivity contribution is 5.94. The van der Waals surface area contributed by atoms with Crippen LogP contribution in [0.2, 0.25) is 0 Å². The summed E-state index contributed by atoms with van der Waals surface area (Å²) >= 11 is 0. The van der Waals surface area contributed by atoms with Crippen molar-refractivity contribution in [3.63, 3.8) is 0 Å². The molecule has 2 amide bonds. The molecule has 3 N–H and O–H groups in total. The summed E-state index contributed by atoms with van der Waals surface area (Å²) in [4.78, 5) is 22.1. The Kier molecular flexibility index (Phi) is 3.88. The molecule has 0 heterocycles. The van der Waals surface area contributed by atoms with Crippen LogP contribution >= 0.6 is 0 Å². The fourth-order valence-corrected chi connectivity index (χ4v) is 1.27. The summed E-state index contributed by atoms with van der Waals surface area (Å²) in [5, 5.41) is 14.0. The van der Waals surface area contributed by atoms with Gasteiger partial charge in [-0.05, 0) is 31.5 Å². The minimum atomic E-state index is -1.00. The Labute approximate surface area is 93.5 Å². The highest BCUT2D eigenvalue weighted by Gasteiger charge is 2.08. The highest BCUT2D eigenvalue weighted by Crippen LogP contribution is 2.15. The number of anilines is 1. The average molecular weight is 222 g/mol. The van der Waals surface area contributed by atoms with Gasteiger partial charge in [0, 0.05) is 12.2 Å². The summed E-state index contributed by atoms with van der Waals surface area (Å²) in [6.07, 6.45) is 0. The van der Waals surface area contributed by atoms with Gasteiger partial charge >= 0.3 is 12.0 Å². The summed E-state index contributed by atoms with van der Waals surface area (Å²) in [6.45, 7) is 4.03. The summed E-state index contributed by atoms with van der Waals surface area (Å²) < 4.78 is 0. The molecule has 5 nitrogen and oxygen atoms in total. The van der Waals surface area contributed by atoms with E-state index in [1.807, 2.05) is 0 Å². The van der Waals surface area contributed by atoms with Crippen LogP contribution in [0, 0.1) is 6.92 Å². The van der Waals surface area contributed by atoms with Crippen LogP contribution in [-0.2, 0) is 0 Å². The number of urea groups is 1. The zero-order chi connectivity index (χ0) is 12.1. The van der Waals surface area contributed by atoms with E-state index >= 15 is 0 Å². The van der Waals surface area contributed by atoms with Crippen LogP contribution in [0.1, 0.15) is 22.8 Å². The lowest BCUT2D eigenvalue weighted by Crippen LogP contribution is -2.28. The molecule has 0 aliphatic carbocycles. The second-order valence-electron chi connectivity index (χ2n) is 3.32. The van der Waals surface area contributed by atoms with Crippen LogP contribution in [0.25, 0.3) is 0 Å². The number of carbonyl (C=O) groups excluding carboxylic acids is 1. The second-order valence-corrected chi connectivity index (χ2v) is 3.32. The third-order valence-corrected chi connectivity index (χ3v) is 2.06. The summed E-state index contributed by atoms with van der Waals surface area (Å²) in [5.41, 5.74) is 1.32. The lowest BCUT2D eigenvalue weighted by molar-refractivity contribution is 0.0696. The van der Waals surface area contributed by atoms with Gasteiger partial charge in [0.2, 0.25) is 0 Å². The molecule has 0 unspecified atom stereocenters.